The molecule has 0 radical (unpaired) electrons. The fraction of sp³-hybridized carbons (Fsp3) is 0.519. The van der Waals surface area contributed by atoms with Gasteiger partial charge < -0.3 is 14.4 Å². The predicted octanol–water partition coefficient (Wildman–Crippen LogP) is 5.51. The average Bonchev–Trinajstić information content (AvgIpc) is 2.89. The largest absolute Gasteiger partial charge is 0.490 e. The van der Waals surface area contributed by atoms with Gasteiger partial charge in [0.15, 0.2) is 21.4 Å². The Morgan fingerprint density at radius 1 is 1.05 bits per heavy atom. The molecule has 4 rings (SSSR count). The van der Waals surface area contributed by atoms with Gasteiger partial charge in [0.1, 0.15) is 16.7 Å². The highest BCUT2D eigenvalue weighted by Crippen LogP contribution is 2.55. The Bertz CT molecular complexity index is 1230. The number of carbonyl (C=O) groups is 1. The Kier molecular flexibility index (Phi) is 8.45. The number of hydrogen-bond acceptors (Lipinski definition) is 5. The number of fused-ring (bicyclic) bond motifs is 3. The van der Waals surface area contributed by atoms with Gasteiger partial charge in [0, 0.05) is 24.7 Å². The highest BCUT2D eigenvalue weighted by Gasteiger charge is 2.63. The Morgan fingerprint density at radius 3 is 2.30 bits per heavy atom. The third-order valence-corrected chi connectivity index (χ3v) is 10.2. The van der Waals surface area contributed by atoms with E-state index in [0.717, 1.165) is 37.8 Å². The number of rotatable bonds is 9. The van der Waals surface area contributed by atoms with Crippen LogP contribution in [-0.2, 0) is 24.1 Å². The molecule has 2 aliphatic heterocycles. The van der Waals surface area contributed by atoms with Crippen molar-refractivity contribution in [3.63, 3.8) is 0 Å². The molecular formula is C27H32ClF2NO5S. The third-order valence-electron chi connectivity index (χ3n) is 7.35. The van der Waals surface area contributed by atoms with Gasteiger partial charge in [0.25, 0.3) is 5.91 Å². The molecule has 0 aliphatic carbocycles. The van der Waals surface area contributed by atoms with Crippen molar-refractivity contribution >= 4 is 27.3 Å². The Balaban J connectivity index is 1.89. The lowest BCUT2D eigenvalue weighted by atomic mass is 9.75. The van der Waals surface area contributed by atoms with Crippen molar-refractivity contribution in [2.75, 3.05) is 26.3 Å². The van der Waals surface area contributed by atoms with Crippen molar-refractivity contribution in [2.24, 2.45) is 5.92 Å². The van der Waals surface area contributed by atoms with E-state index in [1.807, 2.05) is 13.8 Å². The average molecular weight is 556 g/mol. The van der Waals surface area contributed by atoms with Crippen molar-refractivity contribution in [3.05, 3.63) is 58.6 Å². The van der Waals surface area contributed by atoms with E-state index in [-0.39, 0.29) is 36.0 Å². The summed E-state index contributed by atoms with van der Waals surface area (Å²) in [5.74, 6) is -3.64. The van der Waals surface area contributed by atoms with E-state index < -0.39 is 44.0 Å². The number of unbranched alkanes of at least 4 members (excludes halogenated alkanes) is 2. The topological polar surface area (TPSA) is 72.9 Å². The summed E-state index contributed by atoms with van der Waals surface area (Å²) in [6.07, 6.45) is 1.95. The second kappa shape index (κ2) is 11.3. The first-order valence-corrected chi connectivity index (χ1v) is 14.6. The molecule has 2 heterocycles. The van der Waals surface area contributed by atoms with Gasteiger partial charge in [-0.25, -0.2) is 17.2 Å². The molecule has 0 aromatic heterocycles. The van der Waals surface area contributed by atoms with E-state index in [4.69, 9.17) is 21.1 Å². The molecule has 1 saturated heterocycles. The van der Waals surface area contributed by atoms with Gasteiger partial charge in [-0.15, -0.1) is 0 Å². The molecule has 2 aromatic carbocycles. The monoisotopic (exact) mass is 555 g/mol. The summed E-state index contributed by atoms with van der Waals surface area (Å²) >= 11 is 6.00. The molecule has 0 unspecified atom stereocenters. The maximum Gasteiger partial charge on any atom is 0.252 e. The van der Waals surface area contributed by atoms with Gasteiger partial charge in [-0.1, -0.05) is 38.3 Å². The summed E-state index contributed by atoms with van der Waals surface area (Å²) < 4.78 is 68.8. The molecule has 202 valence electrons. The number of nitrogens with zero attached hydrogens (tertiary/aromatic N) is 1. The standard InChI is InChI=1S/C27H32ClF2NO5S/c1-3-5-14-31(15-6-4-2)26(32)24-20-17-36-25-22(30)12-11-21(29)23(25)27(20,13-16-35-24)37(33,34)19-9-7-18(28)8-10-19/h7-12,20,24H,3-6,13-17H2,1-2H3/t20-,24+,27-/m0/s1. The molecule has 0 N–H and O–H groups in total. The van der Waals surface area contributed by atoms with Crippen LogP contribution in [-0.4, -0.2) is 51.6 Å². The zero-order valence-electron chi connectivity index (χ0n) is 21.0. The van der Waals surface area contributed by atoms with Crippen molar-refractivity contribution in [1.82, 2.24) is 4.90 Å². The maximum absolute atomic E-state index is 15.5. The molecule has 2 aliphatic rings. The van der Waals surface area contributed by atoms with Crippen molar-refractivity contribution in [3.8, 4) is 5.75 Å². The number of benzene rings is 2. The summed E-state index contributed by atoms with van der Waals surface area (Å²) in [4.78, 5) is 15.4. The molecule has 1 amide bonds. The molecule has 0 saturated carbocycles. The molecule has 6 nitrogen and oxygen atoms in total. The Morgan fingerprint density at radius 2 is 1.68 bits per heavy atom. The number of ether oxygens (including phenoxy) is 2. The fourth-order valence-electron chi connectivity index (χ4n) is 5.40. The van der Waals surface area contributed by atoms with E-state index in [9.17, 15) is 17.6 Å². The third kappa shape index (κ3) is 4.86. The minimum absolute atomic E-state index is 0.0969. The van der Waals surface area contributed by atoms with Crippen LogP contribution in [0.3, 0.4) is 0 Å². The van der Waals surface area contributed by atoms with E-state index in [2.05, 4.69) is 0 Å². The van der Waals surface area contributed by atoms with E-state index in [1.54, 1.807) is 4.90 Å². The minimum Gasteiger partial charge on any atom is -0.490 e. The molecule has 37 heavy (non-hydrogen) atoms. The maximum atomic E-state index is 15.5. The van der Waals surface area contributed by atoms with Gasteiger partial charge in [-0.3, -0.25) is 4.79 Å². The van der Waals surface area contributed by atoms with Crippen LogP contribution in [0.4, 0.5) is 8.78 Å². The van der Waals surface area contributed by atoms with E-state index in [1.165, 1.54) is 24.3 Å². The Hall–Kier alpha value is -2.23. The van der Waals surface area contributed by atoms with Gasteiger partial charge in [0.2, 0.25) is 0 Å². The van der Waals surface area contributed by atoms with Crippen molar-refractivity contribution < 1.29 is 31.5 Å². The highest BCUT2D eigenvalue weighted by molar-refractivity contribution is 7.92. The first-order valence-electron chi connectivity index (χ1n) is 12.7. The molecular weight excluding hydrogens is 524 g/mol. The number of halogens is 3. The number of amides is 1. The van der Waals surface area contributed by atoms with Crippen LogP contribution in [0.25, 0.3) is 0 Å². The summed E-state index contributed by atoms with van der Waals surface area (Å²) in [5, 5.41) is 0.333. The zero-order chi connectivity index (χ0) is 26.8. The van der Waals surface area contributed by atoms with Gasteiger partial charge in [-0.2, -0.15) is 0 Å². The normalized spacial score (nSPS) is 23.1. The molecule has 2 aromatic rings. The summed E-state index contributed by atoms with van der Waals surface area (Å²) in [7, 11) is -4.38. The second-order valence-electron chi connectivity index (χ2n) is 9.57. The predicted molar refractivity (Wildman–Crippen MR) is 136 cm³/mol. The van der Waals surface area contributed by atoms with Gasteiger partial charge in [0.05, 0.1) is 23.0 Å². The number of carbonyl (C=O) groups excluding carboxylic acids is 1. The van der Waals surface area contributed by atoms with Crippen LogP contribution in [0.5, 0.6) is 5.75 Å². The van der Waals surface area contributed by atoms with Gasteiger partial charge in [-0.05, 0) is 55.7 Å². The van der Waals surface area contributed by atoms with Crippen molar-refractivity contribution in [1.29, 1.82) is 0 Å². The number of hydrogen-bond donors (Lipinski definition) is 0. The van der Waals surface area contributed by atoms with Crippen LogP contribution >= 0.6 is 11.6 Å². The van der Waals surface area contributed by atoms with Crippen LogP contribution in [0.1, 0.15) is 51.5 Å². The lowest BCUT2D eigenvalue weighted by Gasteiger charge is -2.50. The number of sulfone groups is 1. The molecule has 10 heteroatoms. The van der Waals surface area contributed by atoms with Crippen LogP contribution in [0.15, 0.2) is 41.3 Å². The van der Waals surface area contributed by atoms with E-state index >= 15 is 4.39 Å². The molecule has 0 spiro atoms. The zero-order valence-corrected chi connectivity index (χ0v) is 22.6. The van der Waals surface area contributed by atoms with Crippen LogP contribution in [0.2, 0.25) is 5.02 Å². The molecule has 3 atom stereocenters. The SMILES string of the molecule is CCCCN(CCCC)C(=O)[C@@H]1OCC[C@@]2(S(=O)(=O)c3ccc(Cl)cc3)c3c(F)ccc(F)c3OC[C@@H]12. The first-order chi connectivity index (χ1) is 17.7. The molecule has 1 fully saturated rings. The quantitative estimate of drug-likeness (QED) is 0.408. The Labute approximate surface area is 221 Å². The van der Waals surface area contributed by atoms with Crippen LogP contribution < -0.4 is 4.74 Å². The molecule has 0 bridgehead atoms. The summed E-state index contributed by atoms with van der Waals surface area (Å²) in [6, 6.07) is 7.37. The highest BCUT2D eigenvalue weighted by atomic mass is 35.5. The second-order valence-corrected chi connectivity index (χ2v) is 12.2. The summed E-state index contributed by atoms with van der Waals surface area (Å²) in [6.45, 7) is 4.61. The van der Waals surface area contributed by atoms with Crippen molar-refractivity contribution in [2.45, 2.75) is 61.7 Å². The summed E-state index contributed by atoms with van der Waals surface area (Å²) in [5.41, 5.74) is -0.381. The first kappa shape index (κ1) is 27.8. The fourth-order valence-corrected chi connectivity index (χ4v) is 7.85. The lowest BCUT2D eigenvalue weighted by molar-refractivity contribution is -0.157. The van der Waals surface area contributed by atoms with E-state index in [0.29, 0.717) is 18.1 Å². The van der Waals surface area contributed by atoms with Gasteiger partial charge >= 0.3 is 0 Å². The smallest absolute Gasteiger partial charge is 0.252 e. The van der Waals surface area contributed by atoms with Crippen LogP contribution in [0, 0.1) is 17.6 Å². The lowest BCUT2D eigenvalue weighted by Crippen LogP contribution is -2.61. The minimum atomic E-state index is -4.38.